The fourth-order valence-electron chi connectivity index (χ4n) is 3.56. The number of hydrogen-bond acceptors (Lipinski definition) is 7. The second-order valence-electron chi connectivity index (χ2n) is 7.76. The summed E-state index contributed by atoms with van der Waals surface area (Å²) < 4.78 is 10.4. The first-order chi connectivity index (χ1) is 15.4. The molecule has 0 spiro atoms. The van der Waals surface area contributed by atoms with Gasteiger partial charge in [-0.3, -0.25) is 9.69 Å². The Labute approximate surface area is 192 Å². The molecule has 8 heteroatoms. The van der Waals surface area contributed by atoms with Crippen molar-refractivity contribution in [3.8, 4) is 23.5 Å². The smallest absolute Gasteiger partial charge is 0.260 e. The Kier molecular flexibility index (Phi) is 8.56. The van der Waals surface area contributed by atoms with E-state index in [2.05, 4.69) is 29.1 Å². The highest BCUT2D eigenvalue weighted by molar-refractivity contribution is 7.17. The maximum atomic E-state index is 13.0. The predicted molar refractivity (Wildman–Crippen MR) is 128 cm³/mol. The lowest BCUT2D eigenvalue weighted by molar-refractivity contribution is 0.0202. The summed E-state index contributed by atoms with van der Waals surface area (Å²) in [6, 6.07) is 6.23. The molecule has 2 N–H and O–H groups in total. The molecule has 0 unspecified atom stereocenters. The minimum absolute atomic E-state index is 0.140. The van der Waals surface area contributed by atoms with Crippen molar-refractivity contribution in [2.75, 3.05) is 40.0 Å². The Morgan fingerprint density at radius 3 is 2.91 bits per heavy atom. The van der Waals surface area contributed by atoms with E-state index in [0.29, 0.717) is 42.3 Å². The monoisotopic (exact) mass is 455 g/mol. The summed E-state index contributed by atoms with van der Waals surface area (Å²) in [5, 5.41) is 12.9. The molecule has 170 valence electrons. The Balaban J connectivity index is 1.84. The van der Waals surface area contributed by atoms with E-state index in [-0.39, 0.29) is 18.8 Å². The summed E-state index contributed by atoms with van der Waals surface area (Å²) in [7, 11) is 1.62. The average Bonchev–Trinajstić information content (AvgIpc) is 3.18. The number of aromatic nitrogens is 2. The molecule has 32 heavy (non-hydrogen) atoms. The third-order valence-electron chi connectivity index (χ3n) is 5.13. The van der Waals surface area contributed by atoms with Crippen LogP contribution in [-0.2, 0) is 16.0 Å². The van der Waals surface area contributed by atoms with Gasteiger partial charge in [0.25, 0.3) is 5.56 Å². The number of fused-ring (bicyclic) bond motifs is 1. The van der Waals surface area contributed by atoms with Gasteiger partial charge in [-0.25, -0.2) is 4.98 Å². The van der Waals surface area contributed by atoms with Crippen molar-refractivity contribution in [2.45, 2.75) is 26.5 Å². The molecular weight excluding hydrogens is 426 g/mol. The van der Waals surface area contributed by atoms with E-state index in [4.69, 9.17) is 20.9 Å². The molecule has 0 amide bonds. The van der Waals surface area contributed by atoms with Crippen LogP contribution in [0.25, 0.3) is 21.3 Å². The van der Waals surface area contributed by atoms with Gasteiger partial charge in [-0.1, -0.05) is 29.7 Å². The summed E-state index contributed by atoms with van der Waals surface area (Å²) in [5.41, 5.74) is 4.05. The molecule has 1 aromatic carbocycles. The highest BCUT2D eigenvalue weighted by Gasteiger charge is 2.17. The third-order valence-corrected chi connectivity index (χ3v) is 6.00. The van der Waals surface area contributed by atoms with Crippen LogP contribution in [0.1, 0.15) is 17.0 Å². The maximum Gasteiger partial charge on any atom is 0.260 e. The van der Waals surface area contributed by atoms with Gasteiger partial charge in [-0.2, -0.15) is 0 Å². The molecule has 0 bridgehead atoms. The molecule has 0 aliphatic carbocycles. The lowest BCUT2D eigenvalue weighted by atomic mass is 9.99. The summed E-state index contributed by atoms with van der Waals surface area (Å²) in [6.07, 6.45) is 4.46. The number of aromatic amines is 1. The molecule has 3 rings (SSSR count). The molecular formula is C24H29N3O4S. The Morgan fingerprint density at radius 1 is 1.34 bits per heavy atom. The van der Waals surface area contributed by atoms with Crippen molar-refractivity contribution in [1.29, 1.82) is 0 Å². The third kappa shape index (κ3) is 6.03. The largest absolute Gasteiger partial charge is 0.389 e. The van der Waals surface area contributed by atoms with Gasteiger partial charge in [-0.15, -0.1) is 17.8 Å². The SMILES string of the molecule is C#CCOC[C@H](O)CN(CCOC)Cc1nc2scc(-c3cc(C)ccc3C)c2c(=O)[nH]1. The van der Waals surface area contributed by atoms with Crippen LogP contribution >= 0.6 is 11.3 Å². The summed E-state index contributed by atoms with van der Waals surface area (Å²) in [4.78, 5) is 23.3. The number of nitrogens with one attached hydrogen (secondary N) is 1. The lowest BCUT2D eigenvalue weighted by Gasteiger charge is -2.24. The highest BCUT2D eigenvalue weighted by atomic mass is 32.1. The zero-order chi connectivity index (χ0) is 23.1. The van der Waals surface area contributed by atoms with Crippen molar-refractivity contribution >= 4 is 21.6 Å². The maximum absolute atomic E-state index is 13.0. The number of methoxy groups -OCH3 is 1. The molecule has 7 nitrogen and oxygen atoms in total. The Hall–Kier alpha value is -2.54. The normalized spacial score (nSPS) is 12.4. The molecule has 0 saturated heterocycles. The number of nitrogens with zero attached hydrogens (tertiary/aromatic N) is 2. The van der Waals surface area contributed by atoms with E-state index >= 15 is 0 Å². The Bertz CT molecular complexity index is 1150. The minimum Gasteiger partial charge on any atom is -0.389 e. The summed E-state index contributed by atoms with van der Waals surface area (Å²) in [5.74, 6) is 2.92. The van der Waals surface area contributed by atoms with Crippen LogP contribution in [0.3, 0.4) is 0 Å². The predicted octanol–water partition coefficient (Wildman–Crippen LogP) is 2.73. The van der Waals surface area contributed by atoms with Gasteiger partial charge in [0.15, 0.2) is 0 Å². The van der Waals surface area contributed by atoms with Crippen LogP contribution in [-0.4, -0.2) is 66.1 Å². The van der Waals surface area contributed by atoms with Crippen molar-refractivity contribution in [1.82, 2.24) is 14.9 Å². The van der Waals surface area contributed by atoms with E-state index in [1.165, 1.54) is 11.3 Å². The summed E-state index contributed by atoms with van der Waals surface area (Å²) in [6.45, 7) is 6.15. The lowest BCUT2D eigenvalue weighted by Crippen LogP contribution is -2.37. The van der Waals surface area contributed by atoms with E-state index in [0.717, 1.165) is 22.3 Å². The molecule has 0 fully saturated rings. The number of thiophene rings is 1. The van der Waals surface area contributed by atoms with E-state index in [1.807, 2.05) is 24.1 Å². The number of hydrogen-bond donors (Lipinski definition) is 2. The summed E-state index contributed by atoms with van der Waals surface area (Å²) >= 11 is 1.46. The first-order valence-corrected chi connectivity index (χ1v) is 11.3. The standard InChI is InChI=1S/C24H29N3O4S/c1-5-9-31-14-18(28)12-27(8-10-30-4)13-21-25-23(29)22-20(15-32-24(22)26-21)19-11-16(2)6-7-17(19)3/h1,6-7,11,15,18,28H,8-10,12-14H2,2-4H3,(H,25,26,29)/t18-/m1/s1. The van der Waals surface area contributed by atoms with Crippen LogP contribution < -0.4 is 5.56 Å². The van der Waals surface area contributed by atoms with Crippen molar-refractivity contribution in [3.63, 3.8) is 0 Å². The molecule has 0 aliphatic heterocycles. The molecule has 3 aromatic rings. The number of H-pyrrole nitrogens is 1. The van der Waals surface area contributed by atoms with Crippen LogP contribution in [0.2, 0.25) is 0 Å². The molecule has 0 radical (unpaired) electrons. The zero-order valence-corrected chi connectivity index (χ0v) is 19.5. The fraction of sp³-hybridized carbons (Fsp3) is 0.417. The van der Waals surface area contributed by atoms with Crippen LogP contribution in [0.15, 0.2) is 28.4 Å². The molecule has 1 atom stereocenters. The van der Waals surface area contributed by atoms with Gasteiger partial charge in [0.05, 0.1) is 31.2 Å². The van der Waals surface area contributed by atoms with Gasteiger partial charge in [-0.05, 0) is 25.0 Å². The number of ether oxygens (including phenoxy) is 2. The molecule has 0 saturated carbocycles. The first-order valence-electron chi connectivity index (χ1n) is 10.4. The zero-order valence-electron chi connectivity index (χ0n) is 18.7. The van der Waals surface area contributed by atoms with Crippen LogP contribution in [0.5, 0.6) is 0 Å². The number of aryl methyl sites for hydroxylation is 2. The molecule has 0 aliphatic rings. The number of terminal acetylenes is 1. The number of aliphatic hydroxyl groups excluding tert-OH is 1. The number of benzene rings is 1. The molecule has 2 aromatic heterocycles. The quantitative estimate of drug-likeness (QED) is 0.342. The Morgan fingerprint density at radius 2 is 2.16 bits per heavy atom. The van der Waals surface area contributed by atoms with Crippen molar-refractivity contribution < 1.29 is 14.6 Å². The fourth-order valence-corrected chi connectivity index (χ4v) is 4.52. The van der Waals surface area contributed by atoms with Crippen molar-refractivity contribution in [2.24, 2.45) is 0 Å². The highest BCUT2D eigenvalue weighted by Crippen LogP contribution is 2.33. The number of aliphatic hydroxyl groups is 1. The van der Waals surface area contributed by atoms with Gasteiger partial charge in [0.2, 0.25) is 0 Å². The minimum atomic E-state index is -0.715. The van der Waals surface area contributed by atoms with Crippen molar-refractivity contribution in [3.05, 3.63) is 50.9 Å². The average molecular weight is 456 g/mol. The van der Waals surface area contributed by atoms with Gasteiger partial charge >= 0.3 is 0 Å². The van der Waals surface area contributed by atoms with Gasteiger partial charge in [0, 0.05) is 31.1 Å². The number of rotatable bonds is 11. The second kappa shape index (κ2) is 11.4. The van der Waals surface area contributed by atoms with Crippen LogP contribution in [0.4, 0.5) is 0 Å². The van der Waals surface area contributed by atoms with Gasteiger partial charge < -0.3 is 19.6 Å². The van der Waals surface area contributed by atoms with Crippen LogP contribution in [0, 0.1) is 26.2 Å². The first kappa shape index (κ1) is 24.1. The van der Waals surface area contributed by atoms with E-state index < -0.39 is 6.10 Å². The topological polar surface area (TPSA) is 87.7 Å². The van der Waals surface area contributed by atoms with E-state index in [9.17, 15) is 9.90 Å². The van der Waals surface area contributed by atoms with Gasteiger partial charge in [0.1, 0.15) is 17.3 Å². The molecule has 2 heterocycles. The second-order valence-corrected chi connectivity index (χ2v) is 8.62. The van der Waals surface area contributed by atoms with E-state index in [1.54, 1.807) is 7.11 Å².